The van der Waals surface area contributed by atoms with Gasteiger partial charge in [-0.2, -0.15) is 0 Å². The van der Waals surface area contributed by atoms with Crippen molar-refractivity contribution in [3.8, 4) is 5.75 Å². The van der Waals surface area contributed by atoms with Gasteiger partial charge < -0.3 is 10.4 Å². The van der Waals surface area contributed by atoms with E-state index in [2.05, 4.69) is 15.3 Å². The van der Waals surface area contributed by atoms with Gasteiger partial charge >= 0.3 is 0 Å². The van der Waals surface area contributed by atoms with E-state index in [-0.39, 0.29) is 11.7 Å². The molecule has 3 rings (SSSR count). The average molecular weight is 331 g/mol. The number of aryl methyl sites for hydroxylation is 2. The Morgan fingerprint density at radius 3 is 2.86 bits per heavy atom. The van der Waals surface area contributed by atoms with Gasteiger partial charge in [-0.25, -0.2) is 9.98 Å². The van der Waals surface area contributed by atoms with Crippen LogP contribution in [-0.4, -0.2) is 21.2 Å². The van der Waals surface area contributed by atoms with Crippen LogP contribution in [-0.2, 0) is 4.79 Å². The number of thiazole rings is 1. The summed E-state index contributed by atoms with van der Waals surface area (Å²) in [5.41, 5.74) is 1.56. The van der Waals surface area contributed by atoms with Crippen molar-refractivity contribution in [2.24, 2.45) is 4.99 Å². The smallest absolute Gasteiger partial charge is 0.264 e. The van der Waals surface area contributed by atoms with Crippen molar-refractivity contribution in [3.63, 3.8) is 0 Å². The van der Waals surface area contributed by atoms with Gasteiger partial charge in [0.25, 0.3) is 5.91 Å². The van der Waals surface area contributed by atoms with E-state index in [9.17, 15) is 9.90 Å². The molecule has 1 aromatic heterocycles. The molecule has 0 atom stereocenters. The van der Waals surface area contributed by atoms with Crippen LogP contribution in [0, 0.1) is 13.8 Å². The zero-order chi connectivity index (χ0) is 15.7. The second-order valence-electron chi connectivity index (χ2n) is 4.73. The molecule has 7 heteroatoms. The van der Waals surface area contributed by atoms with Crippen molar-refractivity contribution in [2.75, 3.05) is 0 Å². The standard InChI is InChI=1S/C15H13N3O2S2/c1-8-5-10(19)3-4-12(8)17-15-18-14(20)13(22-15)6-11-7-16-9(2)21-11/h3-7,19H,1-2H3,(H,17,18,20)/b13-6-. The molecule has 1 aliphatic heterocycles. The highest BCUT2D eigenvalue weighted by Crippen LogP contribution is 2.30. The predicted octanol–water partition coefficient (Wildman–Crippen LogP) is 3.36. The van der Waals surface area contributed by atoms with Crippen LogP contribution in [0.2, 0.25) is 0 Å². The van der Waals surface area contributed by atoms with Crippen LogP contribution in [0.25, 0.3) is 6.08 Å². The summed E-state index contributed by atoms with van der Waals surface area (Å²) in [7, 11) is 0. The number of amidine groups is 1. The zero-order valence-corrected chi connectivity index (χ0v) is 13.6. The van der Waals surface area contributed by atoms with E-state index in [0.29, 0.717) is 10.1 Å². The van der Waals surface area contributed by atoms with Crippen LogP contribution in [0.3, 0.4) is 0 Å². The summed E-state index contributed by atoms with van der Waals surface area (Å²) in [6.07, 6.45) is 3.57. The molecule has 2 N–H and O–H groups in total. The highest BCUT2D eigenvalue weighted by Gasteiger charge is 2.24. The Hall–Kier alpha value is -2.12. The van der Waals surface area contributed by atoms with Gasteiger partial charge in [-0.05, 0) is 55.4 Å². The van der Waals surface area contributed by atoms with Crippen molar-refractivity contribution >= 4 is 45.9 Å². The largest absolute Gasteiger partial charge is 0.508 e. The maximum atomic E-state index is 12.0. The molecule has 5 nitrogen and oxygen atoms in total. The lowest BCUT2D eigenvalue weighted by Gasteiger charge is -2.01. The van der Waals surface area contributed by atoms with Crippen molar-refractivity contribution in [2.45, 2.75) is 13.8 Å². The van der Waals surface area contributed by atoms with Gasteiger partial charge in [0.2, 0.25) is 0 Å². The molecule has 0 bridgehead atoms. The molecule has 0 unspecified atom stereocenters. The van der Waals surface area contributed by atoms with Crippen LogP contribution in [0.4, 0.5) is 5.69 Å². The summed E-state index contributed by atoms with van der Waals surface area (Å²) < 4.78 is 0. The second kappa shape index (κ2) is 5.94. The number of carbonyl (C=O) groups is 1. The van der Waals surface area contributed by atoms with E-state index in [1.165, 1.54) is 23.1 Å². The highest BCUT2D eigenvalue weighted by atomic mass is 32.2. The van der Waals surface area contributed by atoms with Gasteiger partial charge in [-0.3, -0.25) is 4.79 Å². The first-order chi connectivity index (χ1) is 10.5. The van der Waals surface area contributed by atoms with Gasteiger partial charge in [-0.1, -0.05) is 0 Å². The summed E-state index contributed by atoms with van der Waals surface area (Å²) in [5, 5.41) is 13.7. The summed E-state index contributed by atoms with van der Waals surface area (Å²) in [5.74, 6) is 0.0388. The Labute approximate surface area is 135 Å². The lowest BCUT2D eigenvalue weighted by atomic mass is 10.2. The molecule has 22 heavy (non-hydrogen) atoms. The SMILES string of the molecule is Cc1ncc(/C=C2\SC(=Nc3ccc(O)cc3C)NC2=O)s1. The quantitative estimate of drug-likeness (QED) is 0.828. The number of nitrogens with zero attached hydrogens (tertiary/aromatic N) is 2. The molecule has 2 heterocycles. The number of rotatable bonds is 2. The average Bonchev–Trinajstić information content (AvgIpc) is 3.00. The molecule has 1 saturated heterocycles. The summed E-state index contributed by atoms with van der Waals surface area (Å²) >= 11 is 2.83. The molecule has 1 aliphatic rings. The number of aromatic hydroxyl groups is 1. The molecule has 0 spiro atoms. The Bertz CT molecular complexity index is 809. The predicted molar refractivity (Wildman–Crippen MR) is 90.5 cm³/mol. The first-order valence-corrected chi connectivity index (χ1v) is 8.16. The number of hydrogen-bond acceptors (Lipinski definition) is 6. The number of nitrogens with one attached hydrogen (secondary N) is 1. The Morgan fingerprint density at radius 2 is 2.18 bits per heavy atom. The minimum Gasteiger partial charge on any atom is -0.508 e. The first-order valence-electron chi connectivity index (χ1n) is 6.53. The number of carbonyl (C=O) groups excluding carboxylic acids is 1. The third-order valence-electron chi connectivity index (χ3n) is 2.97. The molecule has 0 radical (unpaired) electrons. The zero-order valence-electron chi connectivity index (χ0n) is 12.0. The minimum atomic E-state index is -0.161. The Morgan fingerprint density at radius 1 is 1.36 bits per heavy atom. The van der Waals surface area contributed by atoms with Crippen molar-refractivity contribution in [1.29, 1.82) is 0 Å². The third kappa shape index (κ3) is 3.20. The Kier molecular flexibility index (Phi) is 4.00. The third-order valence-corrected chi connectivity index (χ3v) is 4.74. The normalized spacial score (nSPS) is 18.2. The number of thioether (sulfide) groups is 1. The minimum absolute atomic E-state index is 0.161. The highest BCUT2D eigenvalue weighted by molar-refractivity contribution is 8.18. The number of aliphatic imine (C=N–C) groups is 1. The Balaban J connectivity index is 1.85. The van der Waals surface area contributed by atoms with Crippen LogP contribution in [0.1, 0.15) is 15.4 Å². The van der Waals surface area contributed by atoms with Crippen LogP contribution < -0.4 is 5.32 Å². The van der Waals surface area contributed by atoms with E-state index < -0.39 is 0 Å². The molecule has 112 valence electrons. The monoisotopic (exact) mass is 331 g/mol. The molecule has 0 saturated carbocycles. The molecule has 1 aromatic carbocycles. The van der Waals surface area contributed by atoms with E-state index in [1.54, 1.807) is 24.4 Å². The molecule has 1 amide bonds. The molecular formula is C15H13N3O2S2. The molecule has 1 fully saturated rings. The summed E-state index contributed by atoms with van der Waals surface area (Å²) in [6.45, 7) is 3.78. The van der Waals surface area contributed by atoms with Gasteiger partial charge in [0, 0.05) is 11.1 Å². The fourth-order valence-corrected chi connectivity index (χ4v) is 3.56. The second-order valence-corrected chi connectivity index (χ2v) is 7.03. The number of amides is 1. The van der Waals surface area contributed by atoms with Gasteiger partial charge in [0.15, 0.2) is 5.17 Å². The number of benzene rings is 1. The molecule has 0 aliphatic carbocycles. The fourth-order valence-electron chi connectivity index (χ4n) is 1.93. The van der Waals surface area contributed by atoms with Gasteiger partial charge in [-0.15, -0.1) is 11.3 Å². The number of aromatic nitrogens is 1. The molecular weight excluding hydrogens is 318 g/mol. The van der Waals surface area contributed by atoms with Crippen molar-refractivity contribution in [3.05, 3.63) is 44.7 Å². The van der Waals surface area contributed by atoms with E-state index >= 15 is 0 Å². The fraction of sp³-hybridized carbons (Fsp3) is 0.133. The lowest BCUT2D eigenvalue weighted by molar-refractivity contribution is -0.115. The topological polar surface area (TPSA) is 74.6 Å². The van der Waals surface area contributed by atoms with Crippen LogP contribution >= 0.6 is 23.1 Å². The first kappa shape index (κ1) is 14.8. The molecule has 2 aromatic rings. The number of hydrogen-bond donors (Lipinski definition) is 2. The number of phenols is 1. The summed E-state index contributed by atoms with van der Waals surface area (Å²) in [4.78, 5) is 22.1. The maximum absolute atomic E-state index is 12.0. The van der Waals surface area contributed by atoms with Gasteiger partial charge in [0.1, 0.15) is 5.75 Å². The summed E-state index contributed by atoms with van der Waals surface area (Å²) in [6, 6.07) is 4.93. The van der Waals surface area contributed by atoms with E-state index in [4.69, 9.17) is 0 Å². The van der Waals surface area contributed by atoms with E-state index in [1.807, 2.05) is 19.9 Å². The van der Waals surface area contributed by atoms with Crippen LogP contribution in [0.5, 0.6) is 5.75 Å². The van der Waals surface area contributed by atoms with Gasteiger partial charge in [0.05, 0.1) is 15.6 Å². The number of phenolic OH excluding ortho intramolecular Hbond substituents is 1. The van der Waals surface area contributed by atoms with Crippen LogP contribution in [0.15, 0.2) is 34.3 Å². The maximum Gasteiger partial charge on any atom is 0.264 e. The van der Waals surface area contributed by atoms with E-state index in [0.717, 1.165) is 21.1 Å². The van der Waals surface area contributed by atoms with Crippen molar-refractivity contribution < 1.29 is 9.90 Å². The van der Waals surface area contributed by atoms with Crippen molar-refractivity contribution in [1.82, 2.24) is 10.3 Å². The lowest BCUT2D eigenvalue weighted by Crippen LogP contribution is -2.19.